The van der Waals surface area contributed by atoms with Crippen molar-refractivity contribution >= 4 is 10.0 Å². The maximum Gasteiger partial charge on any atom is 0.216 e. The Labute approximate surface area is 106 Å². The van der Waals surface area contributed by atoms with E-state index in [0.29, 0.717) is 13.1 Å². The summed E-state index contributed by atoms with van der Waals surface area (Å²) >= 11 is 0. The molecule has 100 valence electrons. The molecule has 0 aliphatic carbocycles. The standard InChI is InChI=1S/C13H25NO2S/c1-10(2)17(15,16)14-8-7-12(11(3)9-14)13(4,5)6/h10H,7-9H2,1-6H3. The van der Waals surface area contributed by atoms with Crippen LogP contribution < -0.4 is 0 Å². The molecule has 0 aromatic carbocycles. The lowest BCUT2D eigenvalue weighted by molar-refractivity contribution is 0.375. The van der Waals surface area contributed by atoms with Crippen LogP contribution in [0.4, 0.5) is 0 Å². The molecule has 1 heterocycles. The summed E-state index contributed by atoms with van der Waals surface area (Å²) in [5, 5.41) is -0.327. The van der Waals surface area contributed by atoms with Crippen LogP contribution in [-0.4, -0.2) is 31.1 Å². The summed E-state index contributed by atoms with van der Waals surface area (Å²) in [6.07, 6.45) is 0.862. The Morgan fingerprint density at radius 2 is 1.76 bits per heavy atom. The predicted molar refractivity (Wildman–Crippen MR) is 72.4 cm³/mol. The zero-order chi connectivity index (χ0) is 13.4. The topological polar surface area (TPSA) is 37.4 Å². The molecule has 0 saturated carbocycles. The second-order valence-corrected chi connectivity index (χ2v) is 8.68. The van der Waals surface area contributed by atoms with Crippen molar-refractivity contribution in [1.29, 1.82) is 0 Å². The number of nitrogens with zero attached hydrogens (tertiary/aromatic N) is 1. The second kappa shape index (κ2) is 4.73. The van der Waals surface area contributed by atoms with Gasteiger partial charge in [0.05, 0.1) is 5.25 Å². The van der Waals surface area contributed by atoms with E-state index in [1.807, 2.05) is 0 Å². The van der Waals surface area contributed by atoms with Gasteiger partial charge in [-0.3, -0.25) is 0 Å². The average Bonchev–Trinajstić information content (AvgIpc) is 2.15. The molecule has 1 rings (SSSR count). The third-order valence-electron chi connectivity index (χ3n) is 3.40. The molecule has 0 unspecified atom stereocenters. The molecule has 1 aliphatic heterocycles. The van der Waals surface area contributed by atoms with E-state index < -0.39 is 10.0 Å². The largest absolute Gasteiger partial charge is 0.216 e. The summed E-state index contributed by atoms with van der Waals surface area (Å²) in [5.74, 6) is 0. The Balaban J connectivity index is 2.96. The van der Waals surface area contributed by atoms with Crippen LogP contribution in [0.1, 0.15) is 48.0 Å². The molecular formula is C13H25NO2S. The molecular weight excluding hydrogens is 234 g/mol. The highest BCUT2D eigenvalue weighted by Crippen LogP contribution is 2.34. The first-order chi connectivity index (χ1) is 7.56. The lowest BCUT2D eigenvalue weighted by atomic mass is 9.80. The van der Waals surface area contributed by atoms with Gasteiger partial charge in [0.25, 0.3) is 0 Å². The fraction of sp³-hybridized carbons (Fsp3) is 0.846. The average molecular weight is 259 g/mol. The highest BCUT2D eigenvalue weighted by molar-refractivity contribution is 7.89. The minimum Gasteiger partial charge on any atom is -0.212 e. The monoisotopic (exact) mass is 259 g/mol. The fourth-order valence-electron chi connectivity index (χ4n) is 2.42. The van der Waals surface area contributed by atoms with E-state index in [1.54, 1.807) is 18.2 Å². The maximum absolute atomic E-state index is 12.1. The van der Waals surface area contributed by atoms with Gasteiger partial charge in [0.1, 0.15) is 0 Å². The zero-order valence-electron chi connectivity index (χ0n) is 11.9. The smallest absolute Gasteiger partial charge is 0.212 e. The molecule has 0 atom stereocenters. The predicted octanol–water partition coefficient (Wildman–Crippen LogP) is 2.79. The normalized spacial score (nSPS) is 20.2. The van der Waals surface area contributed by atoms with Crippen LogP contribution in [0, 0.1) is 5.41 Å². The van der Waals surface area contributed by atoms with Gasteiger partial charge in [0, 0.05) is 13.1 Å². The van der Waals surface area contributed by atoms with Crippen LogP contribution in [0.3, 0.4) is 0 Å². The van der Waals surface area contributed by atoms with Gasteiger partial charge in [-0.15, -0.1) is 0 Å². The van der Waals surface area contributed by atoms with Crippen molar-refractivity contribution in [1.82, 2.24) is 4.31 Å². The van der Waals surface area contributed by atoms with E-state index in [9.17, 15) is 8.42 Å². The Morgan fingerprint density at radius 1 is 1.24 bits per heavy atom. The minimum atomic E-state index is -3.10. The van der Waals surface area contributed by atoms with Crippen molar-refractivity contribution in [2.45, 2.75) is 53.2 Å². The van der Waals surface area contributed by atoms with Crippen molar-refractivity contribution in [3.8, 4) is 0 Å². The Kier molecular flexibility index (Phi) is 4.09. The van der Waals surface area contributed by atoms with Crippen LogP contribution in [-0.2, 0) is 10.0 Å². The van der Waals surface area contributed by atoms with Gasteiger partial charge in [0.2, 0.25) is 10.0 Å². The third kappa shape index (κ3) is 3.10. The molecule has 0 N–H and O–H groups in total. The quantitative estimate of drug-likeness (QED) is 0.715. The molecule has 0 amide bonds. The molecule has 0 aromatic heterocycles. The van der Waals surface area contributed by atoms with Crippen LogP contribution in [0.5, 0.6) is 0 Å². The SMILES string of the molecule is CC1=C(C(C)(C)C)CCN(S(=O)(=O)C(C)C)C1. The number of sulfonamides is 1. The van der Waals surface area contributed by atoms with E-state index in [4.69, 9.17) is 0 Å². The van der Waals surface area contributed by atoms with Crippen LogP contribution >= 0.6 is 0 Å². The van der Waals surface area contributed by atoms with E-state index >= 15 is 0 Å². The maximum atomic E-state index is 12.1. The molecule has 0 spiro atoms. The van der Waals surface area contributed by atoms with Crippen molar-refractivity contribution < 1.29 is 8.42 Å². The van der Waals surface area contributed by atoms with Gasteiger partial charge >= 0.3 is 0 Å². The van der Waals surface area contributed by atoms with Crippen molar-refractivity contribution in [3.63, 3.8) is 0 Å². The highest BCUT2D eigenvalue weighted by atomic mass is 32.2. The number of hydrogen-bond donors (Lipinski definition) is 0. The Bertz CT molecular complexity index is 413. The molecule has 0 fully saturated rings. The van der Waals surface area contributed by atoms with E-state index in [2.05, 4.69) is 27.7 Å². The van der Waals surface area contributed by atoms with E-state index in [-0.39, 0.29) is 10.7 Å². The first-order valence-corrected chi connectivity index (χ1v) is 7.75. The highest BCUT2D eigenvalue weighted by Gasteiger charge is 2.31. The molecule has 1 aliphatic rings. The van der Waals surface area contributed by atoms with Crippen molar-refractivity contribution in [2.75, 3.05) is 13.1 Å². The molecule has 3 nitrogen and oxygen atoms in total. The fourth-order valence-corrected chi connectivity index (χ4v) is 3.74. The van der Waals surface area contributed by atoms with Crippen molar-refractivity contribution in [2.24, 2.45) is 5.41 Å². The minimum absolute atomic E-state index is 0.151. The van der Waals surface area contributed by atoms with Crippen molar-refractivity contribution in [3.05, 3.63) is 11.1 Å². The zero-order valence-corrected chi connectivity index (χ0v) is 12.7. The summed E-state index contributed by atoms with van der Waals surface area (Å²) in [6.45, 7) is 13.3. The van der Waals surface area contributed by atoms with Gasteiger partial charge < -0.3 is 0 Å². The van der Waals surface area contributed by atoms with E-state index in [1.165, 1.54) is 11.1 Å². The summed E-state index contributed by atoms with van der Waals surface area (Å²) in [5.41, 5.74) is 2.78. The van der Waals surface area contributed by atoms with Gasteiger partial charge in [-0.2, -0.15) is 4.31 Å². The van der Waals surface area contributed by atoms with Gasteiger partial charge in [-0.1, -0.05) is 31.9 Å². The second-order valence-electron chi connectivity index (χ2n) is 6.19. The number of rotatable bonds is 2. The van der Waals surface area contributed by atoms with Crippen LogP contribution in [0.2, 0.25) is 0 Å². The molecule has 17 heavy (non-hydrogen) atoms. The Hall–Kier alpha value is -0.350. The van der Waals surface area contributed by atoms with E-state index in [0.717, 1.165) is 6.42 Å². The lowest BCUT2D eigenvalue weighted by Gasteiger charge is -2.35. The summed E-state index contributed by atoms with van der Waals surface area (Å²) in [7, 11) is -3.10. The van der Waals surface area contributed by atoms with Gasteiger partial charge in [-0.25, -0.2) is 8.42 Å². The summed E-state index contributed by atoms with van der Waals surface area (Å²) in [4.78, 5) is 0. The molecule has 4 heteroatoms. The molecule has 0 aromatic rings. The van der Waals surface area contributed by atoms with Gasteiger partial charge in [0.15, 0.2) is 0 Å². The number of hydrogen-bond acceptors (Lipinski definition) is 2. The van der Waals surface area contributed by atoms with Crippen LogP contribution in [0.25, 0.3) is 0 Å². The first-order valence-electron chi connectivity index (χ1n) is 6.25. The van der Waals surface area contributed by atoms with Gasteiger partial charge in [-0.05, 0) is 32.6 Å². The van der Waals surface area contributed by atoms with Crippen LogP contribution in [0.15, 0.2) is 11.1 Å². The third-order valence-corrected chi connectivity index (χ3v) is 5.62. The molecule has 0 bridgehead atoms. The first kappa shape index (κ1) is 14.7. The summed E-state index contributed by atoms with van der Waals surface area (Å²) in [6, 6.07) is 0. The molecule has 0 radical (unpaired) electrons. The molecule has 0 saturated heterocycles. The lowest BCUT2D eigenvalue weighted by Crippen LogP contribution is -2.41. The Morgan fingerprint density at radius 3 is 2.12 bits per heavy atom. The summed E-state index contributed by atoms with van der Waals surface area (Å²) < 4.78 is 25.8.